The van der Waals surface area contributed by atoms with Crippen LogP contribution in [0.15, 0.2) is 46.6 Å². The number of oxazole rings is 1. The number of hydrogen-bond acceptors (Lipinski definition) is 7. The average molecular weight is 523 g/mol. The van der Waals surface area contributed by atoms with Crippen molar-refractivity contribution in [2.24, 2.45) is 17.1 Å². The summed E-state index contributed by atoms with van der Waals surface area (Å²) in [6.07, 6.45) is 3.56. The second-order valence-corrected chi connectivity index (χ2v) is 9.17. The molecule has 2 unspecified atom stereocenters. The number of benzene rings is 1. The zero-order valence-corrected chi connectivity index (χ0v) is 20.5. The molecule has 1 saturated carbocycles. The van der Waals surface area contributed by atoms with Crippen molar-refractivity contribution in [3.63, 3.8) is 0 Å². The summed E-state index contributed by atoms with van der Waals surface area (Å²) in [4.78, 5) is 16.7. The summed E-state index contributed by atoms with van der Waals surface area (Å²) in [6.45, 7) is 0.989. The number of rotatable bonds is 12. The molecule has 200 valence electrons. The van der Waals surface area contributed by atoms with Gasteiger partial charge in [0.2, 0.25) is 5.89 Å². The fourth-order valence-electron chi connectivity index (χ4n) is 4.04. The second kappa shape index (κ2) is 10.9. The summed E-state index contributed by atoms with van der Waals surface area (Å²) in [5.74, 6) is -0.567. The van der Waals surface area contributed by atoms with Gasteiger partial charge < -0.3 is 29.5 Å². The molecule has 11 heteroatoms. The van der Waals surface area contributed by atoms with Gasteiger partial charge in [-0.05, 0) is 63.0 Å². The van der Waals surface area contributed by atoms with Crippen molar-refractivity contribution in [2.45, 2.75) is 51.9 Å². The van der Waals surface area contributed by atoms with Gasteiger partial charge in [-0.15, -0.1) is 0 Å². The Hall–Kier alpha value is -3.47. The Balaban J connectivity index is 1.67. The van der Waals surface area contributed by atoms with Crippen molar-refractivity contribution in [1.29, 1.82) is 0 Å². The molecule has 4 rings (SSSR count). The van der Waals surface area contributed by atoms with Gasteiger partial charge in [-0.25, -0.2) is 9.37 Å². The van der Waals surface area contributed by atoms with E-state index in [2.05, 4.69) is 9.72 Å². The molecule has 3 atom stereocenters. The molecule has 1 aromatic carbocycles. The van der Waals surface area contributed by atoms with Gasteiger partial charge >= 0.3 is 12.6 Å². The van der Waals surface area contributed by atoms with Crippen LogP contribution in [-0.2, 0) is 16.0 Å². The normalized spacial score (nSPS) is 22.0. The number of halogens is 3. The highest BCUT2D eigenvalue weighted by atomic mass is 19.3. The van der Waals surface area contributed by atoms with E-state index < -0.39 is 30.2 Å². The molecule has 0 radical (unpaired) electrons. The van der Waals surface area contributed by atoms with Gasteiger partial charge in [-0.3, -0.25) is 4.79 Å². The van der Waals surface area contributed by atoms with Crippen LogP contribution in [0.4, 0.5) is 13.2 Å². The SMILES string of the molecule is CCOC1=CC(F)[C@](Cc2nc(-c3ccc(OC(F)F)c(OCC4CC4)c3)oc2C(C)N)(C(=O)O)C=C1. The molecular weight excluding hydrogens is 493 g/mol. The van der Waals surface area contributed by atoms with Crippen LogP contribution in [0.1, 0.15) is 44.2 Å². The number of hydrogen-bond donors (Lipinski definition) is 2. The predicted octanol–water partition coefficient (Wildman–Crippen LogP) is 5.19. The predicted molar refractivity (Wildman–Crippen MR) is 127 cm³/mol. The third-order valence-electron chi connectivity index (χ3n) is 6.24. The van der Waals surface area contributed by atoms with Crippen molar-refractivity contribution >= 4 is 5.97 Å². The van der Waals surface area contributed by atoms with Crippen molar-refractivity contribution in [1.82, 2.24) is 4.98 Å². The van der Waals surface area contributed by atoms with Gasteiger partial charge in [0.05, 0.1) is 24.9 Å². The third-order valence-corrected chi connectivity index (χ3v) is 6.24. The Bertz CT molecular complexity index is 1190. The standard InChI is InChI=1S/C26H29F3N2O6/c1-3-34-17-8-9-26(24(32)33,21(27)11-17)12-18-22(14(2)30)37-23(31-18)16-6-7-19(36-25(28)29)20(10-16)35-13-15-4-5-15/h6-11,14-15,21,25H,3-5,12-13,30H2,1-2H3,(H,32,33)/t14?,21?,26-/m0/s1. The van der Waals surface area contributed by atoms with E-state index in [1.807, 2.05) is 0 Å². The third kappa shape index (κ3) is 5.93. The number of carboxylic acid groups (broad SMARTS) is 1. The van der Waals surface area contributed by atoms with E-state index in [0.29, 0.717) is 24.7 Å². The fourth-order valence-corrected chi connectivity index (χ4v) is 4.04. The van der Waals surface area contributed by atoms with Gasteiger partial charge in [0.25, 0.3) is 0 Å². The highest BCUT2D eigenvalue weighted by molar-refractivity contribution is 5.79. The molecule has 1 fully saturated rings. The quantitative estimate of drug-likeness (QED) is 0.391. The first-order valence-electron chi connectivity index (χ1n) is 12.0. The first-order valence-corrected chi connectivity index (χ1v) is 12.0. The summed E-state index contributed by atoms with van der Waals surface area (Å²) >= 11 is 0. The molecule has 0 amide bonds. The van der Waals surface area contributed by atoms with Gasteiger partial charge in [-0.2, -0.15) is 8.78 Å². The van der Waals surface area contributed by atoms with E-state index in [4.69, 9.17) is 19.6 Å². The number of nitrogens with two attached hydrogens (primary N) is 1. The Morgan fingerprint density at radius 2 is 2.05 bits per heavy atom. The number of ether oxygens (including phenoxy) is 3. The molecule has 2 aromatic rings. The lowest BCUT2D eigenvalue weighted by Crippen LogP contribution is -2.41. The number of nitrogens with zero attached hydrogens (tertiary/aromatic N) is 1. The van der Waals surface area contributed by atoms with Crippen molar-refractivity contribution in [3.8, 4) is 23.0 Å². The Labute approximate surface area is 211 Å². The van der Waals surface area contributed by atoms with Crippen LogP contribution in [0, 0.1) is 11.3 Å². The Morgan fingerprint density at radius 1 is 1.30 bits per heavy atom. The van der Waals surface area contributed by atoms with E-state index in [9.17, 15) is 18.7 Å². The zero-order valence-electron chi connectivity index (χ0n) is 20.5. The van der Waals surface area contributed by atoms with Crippen LogP contribution in [0.2, 0.25) is 0 Å². The van der Waals surface area contributed by atoms with Crippen molar-refractivity contribution in [3.05, 3.63) is 53.6 Å². The van der Waals surface area contributed by atoms with Gasteiger partial charge in [0.15, 0.2) is 11.5 Å². The number of carbonyl (C=O) groups is 1. The van der Waals surface area contributed by atoms with Gasteiger partial charge in [-0.1, -0.05) is 6.08 Å². The summed E-state index contributed by atoms with van der Waals surface area (Å²) < 4.78 is 62.5. The highest BCUT2D eigenvalue weighted by Gasteiger charge is 2.47. The van der Waals surface area contributed by atoms with Crippen LogP contribution in [0.5, 0.6) is 11.5 Å². The maximum absolute atomic E-state index is 15.3. The maximum atomic E-state index is 15.3. The van der Waals surface area contributed by atoms with Crippen LogP contribution >= 0.6 is 0 Å². The number of aromatic nitrogens is 1. The lowest BCUT2D eigenvalue weighted by atomic mass is 9.75. The van der Waals surface area contributed by atoms with Crippen LogP contribution in [0.25, 0.3) is 11.5 Å². The van der Waals surface area contributed by atoms with Gasteiger partial charge in [0, 0.05) is 12.0 Å². The second-order valence-electron chi connectivity index (χ2n) is 9.17. The zero-order chi connectivity index (χ0) is 26.7. The van der Waals surface area contributed by atoms with Crippen LogP contribution in [-0.4, -0.2) is 42.1 Å². The lowest BCUT2D eigenvalue weighted by Gasteiger charge is -2.30. The molecule has 0 bridgehead atoms. The van der Waals surface area contributed by atoms with E-state index in [0.717, 1.165) is 18.9 Å². The molecule has 0 saturated heterocycles. The van der Waals surface area contributed by atoms with E-state index in [1.54, 1.807) is 13.8 Å². The summed E-state index contributed by atoms with van der Waals surface area (Å²) in [5.41, 5.74) is 4.66. The minimum atomic E-state index is -3.03. The minimum Gasteiger partial charge on any atom is -0.494 e. The molecule has 2 aliphatic rings. The van der Waals surface area contributed by atoms with Crippen molar-refractivity contribution < 1.29 is 41.7 Å². The molecule has 0 aliphatic heterocycles. The molecule has 1 aromatic heterocycles. The minimum absolute atomic E-state index is 0.0588. The summed E-state index contributed by atoms with van der Waals surface area (Å²) in [7, 11) is 0. The van der Waals surface area contributed by atoms with Crippen LogP contribution in [0.3, 0.4) is 0 Å². The molecule has 0 spiro atoms. The smallest absolute Gasteiger partial charge is 0.387 e. The topological polar surface area (TPSA) is 117 Å². The Kier molecular flexibility index (Phi) is 7.82. The van der Waals surface area contributed by atoms with Crippen molar-refractivity contribution in [2.75, 3.05) is 13.2 Å². The number of aliphatic carboxylic acids is 1. The lowest BCUT2D eigenvalue weighted by molar-refractivity contribution is -0.148. The summed E-state index contributed by atoms with van der Waals surface area (Å²) in [5, 5.41) is 10.00. The molecule has 2 aliphatic carbocycles. The summed E-state index contributed by atoms with van der Waals surface area (Å²) in [6, 6.07) is 3.56. The molecule has 37 heavy (non-hydrogen) atoms. The largest absolute Gasteiger partial charge is 0.494 e. The van der Waals surface area contributed by atoms with Crippen LogP contribution < -0.4 is 15.2 Å². The monoisotopic (exact) mass is 522 g/mol. The number of allylic oxidation sites excluding steroid dienone is 2. The van der Waals surface area contributed by atoms with E-state index >= 15 is 4.39 Å². The molecule has 8 nitrogen and oxygen atoms in total. The van der Waals surface area contributed by atoms with Gasteiger partial charge in [0.1, 0.15) is 23.1 Å². The molecule has 1 heterocycles. The Morgan fingerprint density at radius 3 is 2.65 bits per heavy atom. The number of carboxylic acids is 1. The first kappa shape index (κ1) is 26.6. The average Bonchev–Trinajstić information content (AvgIpc) is 3.57. The molecular formula is C26H29F3N2O6. The van der Waals surface area contributed by atoms with E-state index in [1.165, 1.54) is 30.4 Å². The maximum Gasteiger partial charge on any atom is 0.387 e. The molecule has 3 N–H and O–H groups in total. The number of alkyl halides is 3. The fraction of sp³-hybridized carbons (Fsp3) is 0.462. The first-order chi connectivity index (χ1) is 17.6. The highest BCUT2D eigenvalue weighted by Crippen LogP contribution is 2.40. The van der Waals surface area contributed by atoms with E-state index in [-0.39, 0.29) is 41.0 Å².